The normalized spacial score (nSPS) is 11.0. The summed E-state index contributed by atoms with van der Waals surface area (Å²) in [5, 5.41) is 30.3. The summed E-state index contributed by atoms with van der Waals surface area (Å²) in [5.74, 6) is -0.669. The lowest BCUT2D eigenvalue weighted by Gasteiger charge is -2.06. The lowest BCUT2D eigenvalue weighted by Crippen LogP contribution is -2.13. The van der Waals surface area contributed by atoms with E-state index in [2.05, 4.69) is 15.5 Å². The molecule has 1 amide bonds. The first-order valence-corrected chi connectivity index (χ1v) is 8.80. The lowest BCUT2D eigenvalue weighted by atomic mass is 10.1. The van der Waals surface area contributed by atoms with E-state index in [0.29, 0.717) is 32.6 Å². The van der Waals surface area contributed by atoms with Crippen LogP contribution in [-0.2, 0) is 4.79 Å². The molecule has 0 aliphatic heterocycles. The number of aromatic amines is 1. The van der Waals surface area contributed by atoms with Gasteiger partial charge in [0.2, 0.25) is 0 Å². The molecule has 0 bridgehead atoms. The van der Waals surface area contributed by atoms with Gasteiger partial charge in [0, 0.05) is 39.0 Å². The lowest BCUT2D eigenvalue weighted by molar-refractivity contribution is -0.384. The number of nitrogens with one attached hydrogen (secondary N) is 2. The van der Waals surface area contributed by atoms with Crippen LogP contribution in [0.25, 0.3) is 17.3 Å². The maximum Gasteiger partial charge on any atom is 0.270 e. The van der Waals surface area contributed by atoms with E-state index >= 15 is 0 Å². The Labute approximate surface area is 174 Å². The van der Waals surface area contributed by atoms with Crippen molar-refractivity contribution in [2.24, 2.45) is 0 Å². The van der Waals surface area contributed by atoms with E-state index in [1.807, 2.05) is 6.07 Å². The van der Waals surface area contributed by atoms with Gasteiger partial charge in [0.05, 0.1) is 16.8 Å². The summed E-state index contributed by atoms with van der Waals surface area (Å²) in [6.07, 6.45) is 2.74. The predicted molar refractivity (Wildman–Crippen MR) is 109 cm³/mol. The fraction of sp³-hybridized carbons (Fsp3) is 0. The summed E-state index contributed by atoms with van der Waals surface area (Å²) < 4.78 is 0. The van der Waals surface area contributed by atoms with Crippen LogP contribution in [0.3, 0.4) is 0 Å². The summed E-state index contributed by atoms with van der Waals surface area (Å²) in [7, 11) is 0. The molecule has 29 heavy (non-hydrogen) atoms. The first-order chi connectivity index (χ1) is 13.9. The molecule has 0 aliphatic carbocycles. The first-order valence-electron chi connectivity index (χ1n) is 8.05. The van der Waals surface area contributed by atoms with Crippen LogP contribution in [0.1, 0.15) is 5.56 Å². The number of amides is 1. The van der Waals surface area contributed by atoms with Crippen LogP contribution in [0, 0.1) is 21.4 Å². The van der Waals surface area contributed by atoms with E-state index < -0.39 is 10.8 Å². The second-order valence-corrected chi connectivity index (χ2v) is 6.66. The van der Waals surface area contributed by atoms with E-state index in [0.717, 1.165) is 0 Å². The highest BCUT2D eigenvalue weighted by atomic mass is 35.5. The SMILES string of the molecule is N#C/C(=C\c1cn[nH]c1-c1cccc([N+](=O)[O-])c1)C(=O)Nc1cc(Cl)cc(Cl)c1. The topological polar surface area (TPSA) is 125 Å². The van der Waals surface area contributed by atoms with Crippen molar-refractivity contribution in [3.8, 4) is 17.3 Å². The highest BCUT2D eigenvalue weighted by molar-refractivity contribution is 6.35. The molecule has 0 saturated carbocycles. The molecule has 0 aliphatic rings. The molecule has 0 fully saturated rings. The third kappa shape index (κ3) is 4.79. The molecule has 0 unspecified atom stereocenters. The Morgan fingerprint density at radius 3 is 2.62 bits per heavy atom. The van der Waals surface area contributed by atoms with Crippen molar-refractivity contribution in [3.63, 3.8) is 0 Å². The smallest absolute Gasteiger partial charge is 0.270 e. The van der Waals surface area contributed by atoms with E-state index in [9.17, 15) is 20.2 Å². The number of benzene rings is 2. The number of rotatable bonds is 5. The first kappa shape index (κ1) is 20.1. The van der Waals surface area contributed by atoms with Crippen molar-refractivity contribution in [2.75, 3.05) is 5.32 Å². The second kappa shape index (κ2) is 8.56. The Bertz CT molecular complexity index is 1160. The minimum atomic E-state index is -0.669. The molecule has 3 aromatic rings. The molecule has 10 heteroatoms. The van der Waals surface area contributed by atoms with E-state index in [-0.39, 0.29) is 11.3 Å². The Morgan fingerprint density at radius 1 is 1.24 bits per heavy atom. The minimum absolute atomic E-state index is 0.0943. The number of nitro benzene ring substituents is 1. The van der Waals surface area contributed by atoms with Crippen LogP contribution in [0.5, 0.6) is 0 Å². The number of nitrogens with zero attached hydrogens (tertiary/aromatic N) is 3. The predicted octanol–water partition coefficient (Wildman–Crippen LogP) is 4.84. The molecule has 3 rings (SSSR count). The number of carbonyl (C=O) groups excluding carboxylic acids is 1. The third-order valence-corrected chi connectivity index (χ3v) is 4.24. The van der Waals surface area contributed by atoms with Crippen molar-refractivity contribution < 1.29 is 9.72 Å². The monoisotopic (exact) mass is 427 g/mol. The minimum Gasteiger partial charge on any atom is -0.321 e. The van der Waals surface area contributed by atoms with Gasteiger partial charge in [-0.15, -0.1) is 0 Å². The number of halogens is 2. The van der Waals surface area contributed by atoms with Gasteiger partial charge in [0.15, 0.2) is 0 Å². The zero-order valence-electron chi connectivity index (χ0n) is 14.5. The van der Waals surface area contributed by atoms with Crippen molar-refractivity contribution in [2.45, 2.75) is 0 Å². The summed E-state index contributed by atoms with van der Waals surface area (Å²) >= 11 is 11.8. The quantitative estimate of drug-likeness (QED) is 0.260. The van der Waals surface area contributed by atoms with Gasteiger partial charge in [-0.1, -0.05) is 35.3 Å². The Balaban J connectivity index is 1.92. The van der Waals surface area contributed by atoms with Crippen molar-refractivity contribution >= 4 is 46.6 Å². The van der Waals surface area contributed by atoms with Gasteiger partial charge in [-0.05, 0) is 24.3 Å². The fourth-order valence-corrected chi connectivity index (χ4v) is 3.07. The molecule has 0 saturated heterocycles. The molecule has 0 radical (unpaired) electrons. The van der Waals surface area contributed by atoms with Crippen molar-refractivity contribution in [1.82, 2.24) is 10.2 Å². The van der Waals surface area contributed by atoms with Crippen LogP contribution in [0.15, 0.2) is 54.2 Å². The van der Waals surface area contributed by atoms with E-state index in [4.69, 9.17) is 23.2 Å². The largest absolute Gasteiger partial charge is 0.321 e. The maximum absolute atomic E-state index is 12.5. The fourth-order valence-electron chi connectivity index (χ4n) is 2.54. The Hall–Kier alpha value is -3.67. The molecule has 0 spiro atoms. The summed E-state index contributed by atoms with van der Waals surface area (Å²) in [5.41, 5.74) is 1.38. The standard InChI is InChI=1S/C19H11Cl2N5O3/c20-14-6-15(21)8-16(7-14)24-19(27)12(9-22)4-13-10-23-25-18(13)11-2-1-3-17(5-11)26(28)29/h1-8,10H,(H,23,25)(H,24,27)/b12-4+. The number of anilines is 1. The summed E-state index contributed by atoms with van der Waals surface area (Å²) in [6.45, 7) is 0. The number of hydrogen-bond donors (Lipinski definition) is 2. The van der Waals surface area contributed by atoms with E-state index in [1.54, 1.807) is 6.07 Å². The van der Waals surface area contributed by atoms with Gasteiger partial charge >= 0.3 is 0 Å². The molecular formula is C19H11Cl2N5O3. The summed E-state index contributed by atoms with van der Waals surface area (Å²) in [6, 6.07) is 12.2. The van der Waals surface area contributed by atoms with Gasteiger partial charge in [-0.2, -0.15) is 10.4 Å². The molecule has 2 N–H and O–H groups in total. The molecule has 0 atom stereocenters. The van der Waals surface area contributed by atoms with Crippen LogP contribution in [0.4, 0.5) is 11.4 Å². The van der Waals surface area contributed by atoms with Gasteiger partial charge in [-0.25, -0.2) is 0 Å². The highest BCUT2D eigenvalue weighted by Crippen LogP contribution is 2.27. The highest BCUT2D eigenvalue weighted by Gasteiger charge is 2.15. The van der Waals surface area contributed by atoms with Crippen LogP contribution in [0.2, 0.25) is 10.0 Å². The number of H-pyrrole nitrogens is 1. The number of nitro groups is 1. The maximum atomic E-state index is 12.5. The van der Waals surface area contributed by atoms with Gasteiger partial charge < -0.3 is 5.32 Å². The van der Waals surface area contributed by atoms with Gasteiger partial charge in [-0.3, -0.25) is 20.0 Å². The number of non-ortho nitro benzene ring substituents is 1. The number of aromatic nitrogens is 2. The zero-order chi connectivity index (χ0) is 21.0. The number of nitriles is 1. The average molecular weight is 428 g/mol. The third-order valence-electron chi connectivity index (χ3n) is 3.80. The molecule has 8 nitrogen and oxygen atoms in total. The Kier molecular flexibility index (Phi) is 5.93. The summed E-state index contributed by atoms with van der Waals surface area (Å²) in [4.78, 5) is 23.0. The molecule has 2 aromatic carbocycles. The average Bonchev–Trinajstić information content (AvgIpc) is 3.13. The molecule has 1 heterocycles. The van der Waals surface area contributed by atoms with Gasteiger partial charge in [0.1, 0.15) is 11.6 Å². The second-order valence-electron chi connectivity index (χ2n) is 5.79. The molecule has 144 valence electrons. The van der Waals surface area contributed by atoms with E-state index in [1.165, 1.54) is 48.7 Å². The van der Waals surface area contributed by atoms with Gasteiger partial charge in [0.25, 0.3) is 11.6 Å². The van der Waals surface area contributed by atoms with Crippen molar-refractivity contribution in [1.29, 1.82) is 5.26 Å². The zero-order valence-corrected chi connectivity index (χ0v) is 16.0. The van der Waals surface area contributed by atoms with Crippen LogP contribution >= 0.6 is 23.2 Å². The molecular weight excluding hydrogens is 417 g/mol. The van der Waals surface area contributed by atoms with Crippen LogP contribution in [-0.4, -0.2) is 21.0 Å². The molecule has 1 aromatic heterocycles. The number of hydrogen-bond acceptors (Lipinski definition) is 5. The van der Waals surface area contributed by atoms with Crippen molar-refractivity contribution in [3.05, 3.63) is 80.0 Å². The Morgan fingerprint density at radius 2 is 1.97 bits per heavy atom. The van der Waals surface area contributed by atoms with Crippen LogP contribution < -0.4 is 5.32 Å². The number of carbonyl (C=O) groups is 1.